The third-order valence-corrected chi connectivity index (χ3v) is 4.16. The van der Waals surface area contributed by atoms with Crippen LogP contribution in [0, 0.1) is 0 Å². The summed E-state index contributed by atoms with van der Waals surface area (Å²) in [6.45, 7) is 3.31. The number of nitrogens with zero attached hydrogens (tertiary/aromatic N) is 2. The molecule has 1 aliphatic heterocycles. The zero-order chi connectivity index (χ0) is 13.2. The van der Waals surface area contributed by atoms with Crippen LogP contribution in [-0.4, -0.2) is 33.0 Å². The second kappa shape index (κ2) is 5.24. The Morgan fingerprint density at radius 1 is 1.67 bits per heavy atom. The first-order valence-corrected chi connectivity index (χ1v) is 6.55. The van der Waals surface area contributed by atoms with E-state index in [9.17, 15) is 9.90 Å². The molecule has 2 rings (SSSR count). The summed E-state index contributed by atoms with van der Waals surface area (Å²) in [6.07, 6.45) is 5.53. The largest absolute Gasteiger partial charge is 0.480 e. The highest BCUT2D eigenvalue weighted by atomic mass is 35.5. The van der Waals surface area contributed by atoms with Gasteiger partial charge in [-0.25, -0.2) is 0 Å². The van der Waals surface area contributed by atoms with Crippen molar-refractivity contribution in [2.75, 3.05) is 6.54 Å². The molecule has 1 unspecified atom stereocenters. The van der Waals surface area contributed by atoms with E-state index in [0.29, 0.717) is 24.4 Å². The summed E-state index contributed by atoms with van der Waals surface area (Å²) in [5, 5.41) is 10.1. The van der Waals surface area contributed by atoms with Crippen molar-refractivity contribution in [2.24, 2.45) is 0 Å². The Bertz CT molecular complexity index is 452. The van der Waals surface area contributed by atoms with Crippen LogP contribution in [-0.2, 0) is 11.3 Å². The number of carboxylic acid groups (broad SMARTS) is 1. The van der Waals surface area contributed by atoms with Crippen LogP contribution < -0.4 is 0 Å². The summed E-state index contributed by atoms with van der Waals surface area (Å²) in [6, 6.07) is 1.85. The molecule has 0 bridgehead atoms. The second-order valence-electron chi connectivity index (χ2n) is 4.68. The fraction of sp³-hybridized carbons (Fsp3) is 0.538. The van der Waals surface area contributed by atoms with Crippen molar-refractivity contribution in [1.82, 2.24) is 9.88 Å². The van der Waals surface area contributed by atoms with Crippen molar-refractivity contribution in [3.8, 4) is 0 Å². The molecule has 1 N–H and O–H groups in total. The van der Waals surface area contributed by atoms with Crippen molar-refractivity contribution >= 4 is 17.6 Å². The minimum Gasteiger partial charge on any atom is -0.480 e. The molecular weight excluding hydrogens is 252 g/mol. The maximum atomic E-state index is 11.6. The Hall–Kier alpha value is -1.13. The maximum absolute atomic E-state index is 11.6. The Kier molecular flexibility index (Phi) is 3.88. The molecule has 1 aliphatic rings. The first-order valence-electron chi connectivity index (χ1n) is 6.17. The first-order chi connectivity index (χ1) is 8.60. The first kappa shape index (κ1) is 13.3. The number of likely N-dealkylation sites (tertiary alicyclic amines) is 1. The molecule has 0 amide bonds. The Balaban J connectivity index is 2.23. The van der Waals surface area contributed by atoms with Gasteiger partial charge in [-0.2, -0.15) is 0 Å². The highest BCUT2D eigenvalue weighted by Gasteiger charge is 2.45. The molecule has 0 spiro atoms. The fourth-order valence-corrected chi connectivity index (χ4v) is 2.88. The van der Waals surface area contributed by atoms with E-state index in [2.05, 4.69) is 4.98 Å². The molecule has 0 aliphatic carbocycles. The van der Waals surface area contributed by atoms with Crippen LogP contribution in [0.25, 0.3) is 0 Å². The molecule has 98 valence electrons. The number of rotatable bonds is 4. The van der Waals surface area contributed by atoms with E-state index in [1.54, 1.807) is 12.4 Å². The lowest BCUT2D eigenvalue weighted by molar-refractivity contribution is -0.150. The maximum Gasteiger partial charge on any atom is 0.324 e. The van der Waals surface area contributed by atoms with Crippen molar-refractivity contribution in [2.45, 2.75) is 38.3 Å². The van der Waals surface area contributed by atoms with Gasteiger partial charge in [0.15, 0.2) is 0 Å². The standard InChI is InChI=1S/C13H17ClN2O2/c1-2-13(12(17)18)5-3-7-16(13)9-10-4-6-15-8-11(10)14/h4,6,8H,2-3,5,7,9H2,1H3,(H,17,18). The van der Waals surface area contributed by atoms with Crippen molar-refractivity contribution in [1.29, 1.82) is 0 Å². The topological polar surface area (TPSA) is 53.4 Å². The molecular formula is C13H17ClN2O2. The fourth-order valence-electron chi connectivity index (χ4n) is 2.70. The monoisotopic (exact) mass is 268 g/mol. The van der Waals surface area contributed by atoms with Gasteiger partial charge in [-0.15, -0.1) is 0 Å². The smallest absolute Gasteiger partial charge is 0.324 e. The van der Waals surface area contributed by atoms with Gasteiger partial charge in [-0.3, -0.25) is 14.7 Å². The molecule has 1 saturated heterocycles. The average Bonchev–Trinajstić information content (AvgIpc) is 2.76. The number of hydrogen-bond acceptors (Lipinski definition) is 3. The molecule has 18 heavy (non-hydrogen) atoms. The SMILES string of the molecule is CCC1(C(=O)O)CCCN1Cc1ccncc1Cl. The molecule has 0 radical (unpaired) electrons. The second-order valence-corrected chi connectivity index (χ2v) is 5.09. The van der Waals surface area contributed by atoms with E-state index in [0.717, 1.165) is 18.5 Å². The van der Waals surface area contributed by atoms with Gasteiger partial charge in [0.2, 0.25) is 0 Å². The van der Waals surface area contributed by atoms with E-state index in [4.69, 9.17) is 11.6 Å². The van der Waals surface area contributed by atoms with Crippen molar-refractivity contribution in [3.05, 3.63) is 29.0 Å². The van der Waals surface area contributed by atoms with Crippen LogP contribution in [0.4, 0.5) is 0 Å². The van der Waals surface area contributed by atoms with Gasteiger partial charge >= 0.3 is 5.97 Å². The lowest BCUT2D eigenvalue weighted by Crippen LogP contribution is -2.49. The molecule has 1 aromatic heterocycles. The predicted molar refractivity (Wildman–Crippen MR) is 69.5 cm³/mol. The quantitative estimate of drug-likeness (QED) is 0.912. The van der Waals surface area contributed by atoms with E-state index in [1.165, 1.54) is 0 Å². The van der Waals surface area contributed by atoms with Gasteiger partial charge in [0, 0.05) is 18.9 Å². The van der Waals surface area contributed by atoms with Crippen LogP contribution in [0.15, 0.2) is 18.5 Å². The zero-order valence-electron chi connectivity index (χ0n) is 10.4. The third kappa shape index (κ3) is 2.22. The summed E-state index contributed by atoms with van der Waals surface area (Å²) < 4.78 is 0. The zero-order valence-corrected chi connectivity index (χ0v) is 11.2. The summed E-state index contributed by atoms with van der Waals surface area (Å²) >= 11 is 6.08. The van der Waals surface area contributed by atoms with Gasteiger partial charge in [-0.05, 0) is 37.4 Å². The summed E-state index contributed by atoms with van der Waals surface area (Å²) in [5.74, 6) is -0.729. The molecule has 4 nitrogen and oxygen atoms in total. The lowest BCUT2D eigenvalue weighted by atomic mass is 9.92. The van der Waals surface area contributed by atoms with Crippen LogP contribution >= 0.6 is 11.6 Å². The molecule has 0 aromatic carbocycles. The number of pyridine rings is 1. The minimum absolute atomic E-state index is 0.571. The molecule has 2 heterocycles. The summed E-state index contributed by atoms with van der Waals surface area (Å²) in [7, 11) is 0. The summed E-state index contributed by atoms with van der Waals surface area (Å²) in [4.78, 5) is 17.5. The van der Waals surface area contributed by atoms with Gasteiger partial charge in [0.1, 0.15) is 5.54 Å². The van der Waals surface area contributed by atoms with Crippen LogP contribution in [0.1, 0.15) is 31.7 Å². The van der Waals surface area contributed by atoms with E-state index < -0.39 is 11.5 Å². The van der Waals surface area contributed by atoms with Crippen molar-refractivity contribution < 1.29 is 9.90 Å². The van der Waals surface area contributed by atoms with Gasteiger partial charge < -0.3 is 5.11 Å². The average molecular weight is 269 g/mol. The number of hydrogen-bond donors (Lipinski definition) is 1. The van der Waals surface area contributed by atoms with Crippen LogP contribution in [0.2, 0.25) is 5.02 Å². The van der Waals surface area contributed by atoms with Gasteiger partial charge in [-0.1, -0.05) is 18.5 Å². The highest BCUT2D eigenvalue weighted by molar-refractivity contribution is 6.31. The number of aromatic nitrogens is 1. The lowest BCUT2D eigenvalue weighted by Gasteiger charge is -2.34. The third-order valence-electron chi connectivity index (χ3n) is 3.82. The van der Waals surface area contributed by atoms with Crippen LogP contribution in [0.3, 0.4) is 0 Å². The molecule has 0 saturated carbocycles. The minimum atomic E-state index is -0.730. The Morgan fingerprint density at radius 3 is 3.06 bits per heavy atom. The molecule has 5 heteroatoms. The number of carboxylic acids is 1. The highest BCUT2D eigenvalue weighted by Crippen LogP contribution is 2.34. The molecule has 1 fully saturated rings. The van der Waals surface area contributed by atoms with Crippen molar-refractivity contribution in [3.63, 3.8) is 0 Å². The molecule has 1 aromatic rings. The van der Waals surface area contributed by atoms with E-state index >= 15 is 0 Å². The molecule has 1 atom stereocenters. The normalized spacial score (nSPS) is 24.3. The Morgan fingerprint density at radius 2 is 2.44 bits per heavy atom. The number of aliphatic carboxylic acids is 1. The van der Waals surface area contributed by atoms with E-state index in [1.807, 2.05) is 17.9 Å². The Labute approximate surface area is 112 Å². The van der Waals surface area contributed by atoms with E-state index in [-0.39, 0.29) is 0 Å². The number of halogens is 1. The predicted octanol–water partition coefficient (Wildman–Crippen LogP) is 2.56. The number of carbonyl (C=O) groups is 1. The van der Waals surface area contributed by atoms with Crippen LogP contribution in [0.5, 0.6) is 0 Å². The summed E-state index contributed by atoms with van der Waals surface area (Å²) in [5.41, 5.74) is 0.208. The van der Waals surface area contributed by atoms with Gasteiger partial charge in [0.25, 0.3) is 0 Å². The van der Waals surface area contributed by atoms with Gasteiger partial charge in [0.05, 0.1) is 5.02 Å².